The summed E-state index contributed by atoms with van der Waals surface area (Å²) in [6, 6.07) is -0.454. The first-order valence-corrected chi connectivity index (χ1v) is 4.66. The SMILES string of the molecule is CC(N)C(=O)CN1CC2CC2C1=O. The van der Waals surface area contributed by atoms with Gasteiger partial charge in [0.05, 0.1) is 12.6 Å². The van der Waals surface area contributed by atoms with E-state index in [9.17, 15) is 9.59 Å². The van der Waals surface area contributed by atoms with E-state index in [0.29, 0.717) is 5.92 Å². The summed E-state index contributed by atoms with van der Waals surface area (Å²) in [5.41, 5.74) is 5.42. The summed E-state index contributed by atoms with van der Waals surface area (Å²) in [5.74, 6) is 0.878. The molecular formula is C9H14N2O2. The number of carbonyl (C=O) groups excluding carboxylic acids is 2. The van der Waals surface area contributed by atoms with Crippen LogP contribution in [0.25, 0.3) is 0 Å². The fraction of sp³-hybridized carbons (Fsp3) is 0.778. The number of amides is 1. The van der Waals surface area contributed by atoms with E-state index >= 15 is 0 Å². The van der Waals surface area contributed by atoms with Crippen molar-refractivity contribution in [2.75, 3.05) is 13.1 Å². The van der Waals surface area contributed by atoms with Gasteiger partial charge in [0, 0.05) is 12.5 Å². The molecule has 2 rings (SSSR count). The zero-order valence-corrected chi connectivity index (χ0v) is 7.69. The zero-order chi connectivity index (χ0) is 9.59. The minimum atomic E-state index is -0.454. The molecule has 1 amide bonds. The van der Waals surface area contributed by atoms with E-state index in [1.54, 1.807) is 11.8 Å². The minimum Gasteiger partial charge on any atom is -0.335 e. The molecule has 0 bridgehead atoms. The molecule has 3 atom stereocenters. The van der Waals surface area contributed by atoms with Crippen molar-refractivity contribution >= 4 is 11.7 Å². The molecule has 1 saturated carbocycles. The number of nitrogens with zero attached hydrogens (tertiary/aromatic N) is 1. The maximum atomic E-state index is 11.4. The Labute approximate surface area is 77.1 Å². The lowest BCUT2D eigenvalue weighted by Crippen LogP contribution is -2.40. The highest BCUT2D eigenvalue weighted by atomic mass is 16.2. The van der Waals surface area contributed by atoms with E-state index < -0.39 is 6.04 Å². The molecule has 1 saturated heterocycles. The van der Waals surface area contributed by atoms with Gasteiger partial charge in [0.15, 0.2) is 5.78 Å². The predicted molar refractivity (Wildman–Crippen MR) is 46.8 cm³/mol. The van der Waals surface area contributed by atoms with Crippen molar-refractivity contribution in [3.63, 3.8) is 0 Å². The Balaban J connectivity index is 1.89. The van der Waals surface area contributed by atoms with E-state index in [2.05, 4.69) is 0 Å². The second-order valence-corrected chi connectivity index (χ2v) is 4.08. The Morgan fingerprint density at radius 3 is 2.92 bits per heavy atom. The van der Waals surface area contributed by atoms with Crippen LogP contribution >= 0.6 is 0 Å². The van der Waals surface area contributed by atoms with E-state index in [1.807, 2.05) is 0 Å². The standard InChI is InChI=1S/C9H14N2O2/c1-5(10)8(12)4-11-3-6-2-7(6)9(11)13/h5-7H,2-4,10H2,1H3. The lowest BCUT2D eigenvalue weighted by Gasteiger charge is -2.17. The number of piperidine rings is 1. The third kappa shape index (κ3) is 1.46. The number of fused-ring (bicyclic) bond motifs is 1. The van der Waals surface area contributed by atoms with Crippen LogP contribution in [-0.4, -0.2) is 35.7 Å². The number of Topliss-reactive ketones (excluding diaryl/α,β-unsaturated/α-hetero) is 1. The topological polar surface area (TPSA) is 63.4 Å². The highest BCUT2D eigenvalue weighted by Crippen LogP contribution is 2.45. The molecule has 1 aliphatic carbocycles. The number of hydrogen-bond donors (Lipinski definition) is 1. The molecule has 0 radical (unpaired) electrons. The smallest absolute Gasteiger partial charge is 0.226 e. The third-order valence-electron chi connectivity index (χ3n) is 2.86. The second kappa shape index (κ2) is 2.80. The Hall–Kier alpha value is -0.900. The molecule has 0 aromatic heterocycles. The molecule has 2 aliphatic rings. The van der Waals surface area contributed by atoms with Crippen molar-refractivity contribution in [2.24, 2.45) is 17.6 Å². The first kappa shape index (κ1) is 8.69. The van der Waals surface area contributed by atoms with Gasteiger partial charge in [-0.3, -0.25) is 9.59 Å². The van der Waals surface area contributed by atoms with Gasteiger partial charge in [0.25, 0.3) is 0 Å². The number of rotatable bonds is 3. The minimum absolute atomic E-state index is 0.0466. The number of nitrogens with two attached hydrogens (primary N) is 1. The van der Waals surface area contributed by atoms with Crippen molar-refractivity contribution in [3.05, 3.63) is 0 Å². The van der Waals surface area contributed by atoms with Gasteiger partial charge in [-0.15, -0.1) is 0 Å². The van der Waals surface area contributed by atoms with Crippen molar-refractivity contribution in [2.45, 2.75) is 19.4 Å². The van der Waals surface area contributed by atoms with Gasteiger partial charge < -0.3 is 10.6 Å². The van der Waals surface area contributed by atoms with Gasteiger partial charge in [-0.05, 0) is 19.3 Å². The quantitative estimate of drug-likeness (QED) is 0.632. The molecule has 4 nitrogen and oxygen atoms in total. The summed E-state index contributed by atoms with van der Waals surface area (Å²) in [6.45, 7) is 2.63. The monoisotopic (exact) mass is 182 g/mol. The van der Waals surface area contributed by atoms with E-state index in [0.717, 1.165) is 13.0 Å². The van der Waals surface area contributed by atoms with Crippen LogP contribution in [0, 0.1) is 11.8 Å². The van der Waals surface area contributed by atoms with Crippen molar-refractivity contribution in [1.82, 2.24) is 4.90 Å². The summed E-state index contributed by atoms with van der Waals surface area (Å²) in [6.07, 6.45) is 1.03. The van der Waals surface area contributed by atoms with Crippen LogP contribution in [-0.2, 0) is 9.59 Å². The van der Waals surface area contributed by atoms with Crippen LogP contribution in [0.4, 0.5) is 0 Å². The van der Waals surface area contributed by atoms with Gasteiger partial charge in [0.1, 0.15) is 0 Å². The average molecular weight is 182 g/mol. The lowest BCUT2D eigenvalue weighted by atomic mass is 10.2. The van der Waals surface area contributed by atoms with Gasteiger partial charge in [0.2, 0.25) is 5.91 Å². The molecule has 1 heterocycles. The van der Waals surface area contributed by atoms with Crippen LogP contribution in [0.2, 0.25) is 0 Å². The summed E-state index contributed by atoms with van der Waals surface area (Å²) >= 11 is 0. The molecule has 13 heavy (non-hydrogen) atoms. The average Bonchev–Trinajstić information content (AvgIpc) is 2.75. The van der Waals surface area contributed by atoms with Gasteiger partial charge in [-0.2, -0.15) is 0 Å². The van der Waals surface area contributed by atoms with E-state index in [1.165, 1.54) is 0 Å². The lowest BCUT2D eigenvalue weighted by molar-refractivity contribution is -0.134. The molecule has 0 spiro atoms. The van der Waals surface area contributed by atoms with Crippen LogP contribution in [0.5, 0.6) is 0 Å². The largest absolute Gasteiger partial charge is 0.335 e. The molecular weight excluding hydrogens is 168 g/mol. The van der Waals surface area contributed by atoms with Crippen LogP contribution < -0.4 is 5.73 Å². The van der Waals surface area contributed by atoms with Crippen molar-refractivity contribution < 1.29 is 9.59 Å². The molecule has 4 heteroatoms. The maximum absolute atomic E-state index is 11.4. The Morgan fingerprint density at radius 1 is 1.77 bits per heavy atom. The first-order chi connectivity index (χ1) is 6.09. The first-order valence-electron chi connectivity index (χ1n) is 4.66. The highest BCUT2D eigenvalue weighted by Gasteiger charge is 2.52. The summed E-state index contributed by atoms with van der Waals surface area (Å²) in [7, 11) is 0. The molecule has 1 aliphatic heterocycles. The van der Waals surface area contributed by atoms with E-state index in [-0.39, 0.29) is 24.2 Å². The van der Waals surface area contributed by atoms with Crippen molar-refractivity contribution in [3.8, 4) is 0 Å². The molecule has 0 aromatic rings. The van der Waals surface area contributed by atoms with Crippen LogP contribution in [0.15, 0.2) is 0 Å². The summed E-state index contributed by atoms with van der Waals surface area (Å²) < 4.78 is 0. The predicted octanol–water partition coefficient (Wildman–Crippen LogP) is -0.619. The molecule has 2 N–H and O–H groups in total. The summed E-state index contributed by atoms with van der Waals surface area (Å²) in [5, 5.41) is 0. The maximum Gasteiger partial charge on any atom is 0.226 e. The number of ketones is 1. The fourth-order valence-electron chi connectivity index (χ4n) is 1.83. The second-order valence-electron chi connectivity index (χ2n) is 4.08. The Bertz CT molecular complexity index is 262. The van der Waals surface area contributed by atoms with Gasteiger partial charge in [-0.25, -0.2) is 0 Å². The van der Waals surface area contributed by atoms with Gasteiger partial charge >= 0.3 is 0 Å². The fourth-order valence-corrected chi connectivity index (χ4v) is 1.83. The highest BCUT2D eigenvalue weighted by molar-refractivity contribution is 5.92. The molecule has 0 aromatic carbocycles. The molecule has 2 fully saturated rings. The normalized spacial score (nSPS) is 33.1. The number of hydrogen-bond acceptors (Lipinski definition) is 3. The summed E-state index contributed by atoms with van der Waals surface area (Å²) in [4.78, 5) is 24.3. The van der Waals surface area contributed by atoms with Crippen LogP contribution in [0.1, 0.15) is 13.3 Å². The molecule has 3 unspecified atom stereocenters. The third-order valence-corrected chi connectivity index (χ3v) is 2.86. The zero-order valence-electron chi connectivity index (χ0n) is 7.69. The number of likely N-dealkylation sites (tertiary alicyclic amines) is 1. The van der Waals surface area contributed by atoms with Crippen molar-refractivity contribution in [1.29, 1.82) is 0 Å². The Morgan fingerprint density at radius 2 is 2.46 bits per heavy atom. The molecule has 72 valence electrons. The number of carbonyl (C=O) groups is 2. The van der Waals surface area contributed by atoms with Gasteiger partial charge in [-0.1, -0.05) is 0 Å². The van der Waals surface area contributed by atoms with Crippen LogP contribution in [0.3, 0.4) is 0 Å². The Kier molecular flexibility index (Phi) is 1.87. The van der Waals surface area contributed by atoms with E-state index in [4.69, 9.17) is 5.73 Å².